The van der Waals surface area contributed by atoms with Crippen molar-refractivity contribution in [2.45, 2.75) is 0 Å². The smallest absolute Gasteiger partial charge is 0.118 e. The highest BCUT2D eigenvalue weighted by Gasteiger charge is 2.09. The average Bonchev–Trinajstić information content (AvgIpc) is 2.46. The zero-order valence-electron chi connectivity index (χ0n) is 10.9. The first kappa shape index (κ1) is 13.7. The van der Waals surface area contributed by atoms with Crippen LogP contribution < -0.4 is 4.74 Å². The molecular weight excluding hydrogens is 304 g/mol. The van der Waals surface area contributed by atoms with Gasteiger partial charge in [-0.3, -0.25) is 0 Å². The third-order valence-corrected chi connectivity index (χ3v) is 3.49. The van der Waals surface area contributed by atoms with Crippen LogP contribution in [0.15, 0.2) is 59.3 Å². The minimum absolute atomic E-state index is 0.840. The highest BCUT2D eigenvalue weighted by atomic mass is 79.9. The molecule has 0 radical (unpaired) electrons. The van der Waals surface area contributed by atoms with Crippen LogP contribution in [0.25, 0.3) is 5.57 Å². The van der Waals surface area contributed by atoms with Crippen LogP contribution in [-0.4, -0.2) is 14.2 Å². The maximum atomic E-state index is 5.21. The molecule has 2 aromatic carbocycles. The molecule has 0 spiro atoms. The Bertz CT molecular complexity index is 574. The molecule has 0 aliphatic carbocycles. The molecule has 0 saturated carbocycles. The summed E-state index contributed by atoms with van der Waals surface area (Å²) in [6.45, 7) is 0. The van der Waals surface area contributed by atoms with E-state index in [0.717, 1.165) is 26.9 Å². The molecule has 0 saturated heterocycles. The number of methoxy groups -OCH3 is 2. The minimum Gasteiger partial charge on any atom is -0.504 e. The van der Waals surface area contributed by atoms with E-state index in [1.165, 1.54) is 0 Å². The van der Waals surface area contributed by atoms with E-state index in [1.807, 2.05) is 42.5 Å². The summed E-state index contributed by atoms with van der Waals surface area (Å²) in [4.78, 5) is 0. The maximum absolute atomic E-state index is 5.21. The van der Waals surface area contributed by atoms with Crippen molar-refractivity contribution in [2.24, 2.45) is 0 Å². The Morgan fingerprint density at radius 1 is 1.00 bits per heavy atom. The largest absolute Gasteiger partial charge is 0.504 e. The van der Waals surface area contributed by atoms with Gasteiger partial charge in [0.05, 0.1) is 20.5 Å². The van der Waals surface area contributed by atoms with Crippen LogP contribution >= 0.6 is 15.9 Å². The lowest BCUT2D eigenvalue weighted by Gasteiger charge is -2.10. The van der Waals surface area contributed by atoms with Gasteiger partial charge in [0.25, 0.3) is 0 Å². The van der Waals surface area contributed by atoms with E-state index in [9.17, 15) is 0 Å². The normalized spacial score (nSPS) is 11.2. The average molecular weight is 319 g/mol. The van der Waals surface area contributed by atoms with Gasteiger partial charge in [-0.2, -0.15) is 0 Å². The van der Waals surface area contributed by atoms with Gasteiger partial charge >= 0.3 is 0 Å². The second kappa shape index (κ2) is 6.43. The third-order valence-electron chi connectivity index (χ3n) is 2.80. The van der Waals surface area contributed by atoms with Crippen LogP contribution in [0, 0.1) is 0 Å². The topological polar surface area (TPSA) is 18.5 Å². The number of benzene rings is 2. The van der Waals surface area contributed by atoms with E-state index in [4.69, 9.17) is 9.47 Å². The first-order valence-electron chi connectivity index (χ1n) is 5.88. The van der Waals surface area contributed by atoms with Crippen LogP contribution in [-0.2, 0) is 4.74 Å². The molecule has 3 heteroatoms. The van der Waals surface area contributed by atoms with Crippen LogP contribution in [0.3, 0.4) is 0 Å². The van der Waals surface area contributed by atoms with Gasteiger partial charge in [0.15, 0.2) is 0 Å². The van der Waals surface area contributed by atoms with Gasteiger partial charge in [-0.05, 0) is 29.3 Å². The van der Waals surface area contributed by atoms with E-state index >= 15 is 0 Å². The lowest BCUT2D eigenvalue weighted by atomic mass is 9.99. The molecule has 0 amide bonds. The minimum atomic E-state index is 0.840. The molecule has 0 fully saturated rings. The third kappa shape index (κ3) is 3.18. The number of rotatable bonds is 4. The Morgan fingerprint density at radius 2 is 1.68 bits per heavy atom. The van der Waals surface area contributed by atoms with Gasteiger partial charge in [0, 0.05) is 10.0 Å². The fourth-order valence-electron chi connectivity index (χ4n) is 1.86. The number of hydrogen-bond acceptors (Lipinski definition) is 2. The van der Waals surface area contributed by atoms with Crippen molar-refractivity contribution in [2.75, 3.05) is 14.2 Å². The summed E-state index contributed by atoms with van der Waals surface area (Å²) < 4.78 is 11.4. The van der Waals surface area contributed by atoms with Crippen LogP contribution in [0.5, 0.6) is 5.75 Å². The fourth-order valence-corrected chi connectivity index (χ4v) is 2.35. The molecular formula is C16H15BrO2. The van der Waals surface area contributed by atoms with Gasteiger partial charge in [-0.25, -0.2) is 0 Å². The quantitative estimate of drug-likeness (QED) is 0.773. The molecule has 2 aromatic rings. The van der Waals surface area contributed by atoms with E-state index in [2.05, 4.69) is 22.0 Å². The van der Waals surface area contributed by atoms with Crippen molar-refractivity contribution in [1.82, 2.24) is 0 Å². The van der Waals surface area contributed by atoms with E-state index in [1.54, 1.807) is 20.5 Å². The highest BCUT2D eigenvalue weighted by molar-refractivity contribution is 9.10. The standard InChI is InChI=1S/C16H15BrO2/c1-18-11-15(14-5-3-4-6-16(14)17)12-7-9-13(19-2)10-8-12/h3-11H,1-2H3/b15-11+. The zero-order chi connectivity index (χ0) is 13.7. The molecule has 98 valence electrons. The number of hydrogen-bond donors (Lipinski definition) is 0. The summed E-state index contributed by atoms with van der Waals surface area (Å²) in [5, 5.41) is 0. The molecule has 2 nitrogen and oxygen atoms in total. The molecule has 0 aliphatic heterocycles. The van der Waals surface area contributed by atoms with Gasteiger partial charge in [0.1, 0.15) is 5.75 Å². The van der Waals surface area contributed by atoms with Crippen LogP contribution in [0.1, 0.15) is 11.1 Å². The number of ether oxygens (including phenoxy) is 2. The van der Waals surface area contributed by atoms with Crippen molar-refractivity contribution < 1.29 is 9.47 Å². The molecule has 0 unspecified atom stereocenters. The van der Waals surface area contributed by atoms with Crippen LogP contribution in [0.2, 0.25) is 0 Å². The van der Waals surface area contributed by atoms with E-state index in [-0.39, 0.29) is 0 Å². The molecule has 19 heavy (non-hydrogen) atoms. The lowest BCUT2D eigenvalue weighted by molar-refractivity contribution is 0.340. The van der Waals surface area contributed by atoms with Gasteiger partial charge in [0.2, 0.25) is 0 Å². The summed E-state index contributed by atoms with van der Waals surface area (Å²) in [5.41, 5.74) is 3.20. The lowest BCUT2D eigenvalue weighted by Crippen LogP contribution is -1.91. The highest BCUT2D eigenvalue weighted by Crippen LogP contribution is 2.30. The summed E-state index contributed by atoms with van der Waals surface area (Å²) >= 11 is 3.57. The second-order valence-electron chi connectivity index (χ2n) is 3.98. The van der Waals surface area contributed by atoms with Gasteiger partial charge in [-0.1, -0.05) is 46.3 Å². The Labute approximate surface area is 121 Å². The van der Waals surface area contributed by atoms with Gasteiger partial charge in [-0.15, -0.1) is 0 Å². The van der Waals surface area contributed by atoms with Crippen molar-refractivity contribution in [1.29, 1.82) is 0 Å². The zero-order valence-corrected chi connectivity index (χ0v) is 12.5. The monoisotopic (exact) mass is 318 g/mol. The Kier molecular flexibility index (Phi) is 4.63. The molecule has 0 bridgehead atoms. The molecule has 0 aliphatic rings. The molecule has 0 heterocycles. The molecule has 0 N–H and O–H groups in total. The Balaban J connectivity index is 2.46. The van der Waals surface area contributed by atoms with Crippen molar-refractivity contribution in [3.05, 3.63) is 70.4 Å². The Hall–Kier alpha value is -1.74. The molecule has 2 rings (SSSR count). The fraction of sp³-hybridized carbons (Fsp3) is 0.125. The van der Waals surface area contributed by atoms with Gasteiger partial charge < -0.3 is 9.47 Å². The summed E-state index contributed by atoms with van der Waals surface area (Å²) in [5.74, 6) is 0.840. The first-order chi connectivity index (χ1) is 9.26. The molecule has 0 aromatic heterocycles. The number of halogens is 1. The molecule has 0 atom stereocenters. The summed E-state index contributed by atoms with van der Waals surface area (Å²) in [6.07, 6.45) is 1.75. The van der Waals surface area contributed by atoms with Crippen molar-refractivity contribution >= 4 is 21.5 Å². The second-order valence-corrected chi connectivity index (χ2v) is 4.83. The van der Waals surface area contributed by atoms with E-state index < -0.39 is 0 Å². The van der Waals surface area contributed by atoms with Crippen LogP contribution in [0.4, 0.5) is 0 Å². The van der Waals surface area contributed by atoms with Crippen molar-refractivity contribution in [3.63, 3.8) is 0 Å². The SMILES string of the molecule is CO/C=C(\c1ccc(OC)cc1)c1ccccc1Br. The van der Waals surface area contributed by atoms with E-state index in [0.29, 0.717) is 0 Å². The first-order valence-corrected chi connectivity index (χ1v) is 6.68. The van der Waals surface area contributed by atoms with Crippen molar-refractivity contribution in [3.8, 4) is 5.75 Å². The maximum Gasteiger partial charge on any atom is 0.118 e. The summed E-state index contributed by atoms with van der Waals surface area (Å²) in [7, 11) is 3.31. The summed E-state index contributed by atoms with van der Waals surface area (Å²) in [6, 6.07) is 16.0. The predicted molar refractivity (Wildman–Crippen MR) is 81.2 cm³/mol. The Morgan fingerprint density at radius 3 is 2.26 bits per heavy atom. The predicted octanol–water partition coefficient (Wildman–Crippen LogP) is 4.49.